The van der Waals surface area contributed by atoms with E-state index >= 15 is 0 Å². The van der Waals surface area contributed by atoms with E-state index in [-0.39, 0.29) is 12.3 Å². The summed E-state index contributed by atoms with van der Waals surface area (Å²) in [4.78, 5) is 10.7. The molecular weight excluding hydrogens is 168 g/mol. The number of carbonyl (C=O) groups excluding carboxylic acids is 1. The normalized spacial score (nSPS) is 9.31. The van der Waals surface area contributed by atoms with E-state index in [9.17, 15) is 4.79 Å². The van der Waals surface area contributed by atoms with Gasteiger partial charge in [0.25, 0.3) is 0 Å². The van der Waals surface area contributed by atoms with E-state index in [2.05, 4.69) is 0 Å². The van der Waals surface area contributed by atoms with Gasteiger partial charge in [0.1, 0.15) is 5.75 Å². The molecule has 4 heteroatoms. The zero-order valence-corrected chi connectivity index (χ0v) is 7.19. The van der Waals surface area contributed by atoms with Crippen molar-refractivity contribution in [2.24, 2.45) is 5.84 Å². The topological polar surface area (TPSA) is 64.3 Å². The second-order valence-corrected chi connectivity index (χ2v) is 2.48. The van der Waals surface area contributed by atoms with E-state index in [1.807, 2.05) is 35.8 Å². The van der Waals surface area contributed by atoms with Crippen LogP contribution in [0, 0.1) is 0 Å². The molecule has 0 aliphatic heterocycles. The van der Waals surface area contributed by atoms with Gasteiger partial charge in [-0.15, -0.1) is 0 Å². The summed E-state index contributed by atoms with van der Waals surface area (Å²) in [5, 5.41) is 0. The van der Waals surface area contributed by atoms with Gasteiger partial charge in [-0.05, 0) is 12.1 Å². The molecule has 0 spiro atoms. The molecule has 70 valence electrons. The molecule has 0 radical (unpaired) electrons. The summed E-state index contributed by atoms with van der Waals surface area (Å²) in [5.41, 5.74) is 2.03. The van der Waals surface area contributed by atoms with Gasteiger partial charge in [-0.1, -0.05) is 18.2 Å². The standard InChI is InChI=1S/C9H12N2O2/c10-11-9(12)6-7-13-8-4-2-1-3-5-8/h1-5H,6-7,10H2,(H,11,12). The van der Waals surface area contributed by atoms with Crippen LogP contribution in [0.4, 0.5) is 0 Å². The quantitative estimate of drug-likeness (QED) is 0.401. The number of hydrazine groups is 1. The summed E-state index contributed by atoms with van der Waals surface area (Å²) in [7, 11) is 0. The Kier molecular flexibility index (Phi) is 3.78. The predicted octanol–water partition coefficient (Wildman–Crippen LogP) is 0.445. The lowest BCUT2D eigenvalue weighted by Crippen LogP contribution is -2.31. The molecule has 4 nitrogen and oxygen atoms in total. The molecule has 0 atom stereocenters. The molecule has 0 aliphatic carbocycles. The largest absolute Gasteiger partial charge is 0.493 e. The molecule has 0 fully saturated rings. The third-order valence-corrected chi connectivity index (χ3v) is 1.50. The molecule has 1 amide bonds. The fourth-order valence-electron chi connectivity index (χ4n) is 0.850. The van der Waals surface area contributed by atoms with Gasteiger partial charge in [0.15, 0.2) is 0 Å². The minimum atomic E-state index is -0.226. The minimum absolute atomic E-state index is 0.226. The monoisotopic (exact) mass is 180 g/mol. The maximum absolute atomic E-state index is 10.7. The molecule has 0 saturated heterocycles. The van der Waals surface area contributed by atoms with Crippen LogP contribution in [-0.2, 0) is 4.79 Å². The second kappa shape index (κ2) is 5.16. The Morgan fingerprint density at radius 2 is 2.08 bits per heavy atom. The van der Waals surface area contributed by atoms with Gasteiger partial charge in [-0.3, -0.25) is 10.2 Å². The molecule has 0 saturated carbocycles. The van der Waals surface area contributed by atoms with Crippen molar-refractivity contribution < 1.29 is 9.53 Å². The molecule has 0 aromatic heterocycles. The number of para-hydroxylation sites is 1. The Balaban J connectivity index is 2.24. The number of nitrogens with one attached hydrogen (secondary N) is 1. The highest BCUT2D eigenvalue weighted by Crippen LogP contribution is 2.07. The Hall–Kier alpha value is -1.55. The van der Waals surface area contributed by atoms with Crippen molar-refractivity contribution >= 4 is 5.91 Å². The summed E-state index contributed by atoms with van der Waals surface area (Å²) in [6.45, 7) is 0.340. The molecule has 13 heavy (non-hydrogen) atoms. The Labute approximate surface area is 76.7 Å². The van der Waals surface area contributed by atoms with Crippen LogP contribution in [0.25, 0.3) is 0 Å². The van der Waals surface area contributed by atoms with E-state index in [0.717, 1.165) is 5.75 Å². The van der Waals surface area contributed by atoms with Gasteiger partial charge < -0.3 is 4.74 Å². The van der Waals surface area contributed by atoms with Crippen molar-refractivity contribution in [2.75, 3.05) is 6.61 Å². The van der Waals surface area contributed by atoms with E-state index in [0.29, 0.717) is 6.61 Å². The number of benzene rings is 1. The number of hydrogen-bond acceptors (Lipinski definition) is 3. The van der Waals surface area contributed by atoms with E-state index in [4.69, 9.17) is 10.6 Å². The number of hydrogen-bond donors (Lipinski definition) is 2. The fourth-order valence-corrected chi connectivity index (χ4v) is 0.850. The number of nitrogens with two attached hydrogens (primary N) is 1. The molecule has 1 aromatic rings. The molecule has 1 rings (SSSR count). The number of ether oxygens (including phenoxy) is 1. The average Bonchev–Trinajstić information content (AvgIpc) is 2.19. The second-order valence-electron chi connectivity index (χ2n) is 2.48. The minimum Gasteiger partial charge on any atom is -0.493 e. The van der Waals surface area contributed by atoms with Crippen LogP contribution in [0.2, 0.25) is 0 Å². The Morgan fingerprint density at radius 1 is 1.38 bits per heavy atom. The SMILES string of the molecule is NNC(=O)CCOc1ccccc1. The van der Waals surface area contributed by atoms with Crippen LogP contribution < -0.4 is 16.0 Å². The van der Waals surface area contributed by atoms with Crippen molar-refractivity contribution in [3.8, 4) is 5.75 Å². The van der Waals surface area contributed by atoms with Crippen LogP contribution in [0.5, 0.6) is 5.75 Å². The highest BCUT2D eigenvalue weighted by Gasteiger charge is 1.97. The zero-order chi connectivity index (χ0) is 9.52. The summed E-state index contributed by atoms with van der Waals surface area (Å²) >= 11 is 0. The first-order valence-electron chi connectivity index (χ1n) is 4.00. The number of amides is 1. The summed E-state index contributed by atoms with van der Waals surface area (Å²) in [6, 6.07) is 9.32. The Bertz CT molecular complexity index is 262. The molecular formula is C9H12N2O2. The predicted molar refractivity (Wildman–Crippen MR) is 48.9 cm³/mol. The van der Waals surface area contributed by atoms with Crippen LogP contribution >= 0.6 is 0 Å². The van der Waals surface area contributed by atoms with E-state index < -0.39 is 0 Å². The molecule has 0 bridgehead atoms. The van der Waals surface area contributed by atoms with E-state index in [1.165, 1.54) is 0 Å². The average molecular weight is 180 g/mol. The molecule has 0 unspecified atom stereocenters. The first-order valence-corrected chi connectivity index (χ1v) is 4.00. The van der Waals surface area contributed by atoms with Crippen molar-refractivity contribution in [1.82, 2.24) is 5.43 Å². The van der Waals surface area contributed by atoms with E-state index in [1.54, 1.807) is 0 Å². The number of rotatable bonds is 4. The number of carbonyl (C=O) groups is 1. The lowest BCUT2D eigenvalue weighted by Gasteiger charge is -2.04. The zero-order valence-electron chi connectivity index (χ0n) is 7.19. The van der Waals surface area contributed by atoms with Crippen LogP contribution in [0.1, 0.15) is 6.42 Å². The maximum Gasteiger partial charge on any atom is 0.237 e. The van der Waals surface area contributed by atoms with Crippen LogP contribution in [0.3, 0.4) is 0 Å². The van der Waals surface area contributed by atoms with Crippen molar-refractivity contribution in [1.29, 1.82) is 0 Å². The highest BCUT2D eigenvalue weighted by atomic mass is 16.5. The first kappa shape index (κ1) is 9.54. The van der Waals surface area contributed by atoms with Gasteiger partial charge in [0.05, 0.1) is 13.0 Å². The molecule has 3 N–H and O–H groups in total. The molecule has 1 aromatic carbocycles. The highest BCUT2D eigenvalue weighted by molar-refractivity contribution is 5.75. The lowest BCUT2D eigenvalue weighted by molar-refractivity contribution is -0.121. The van der Waals surface area contributed by atoms with Gasteiger partial charge in [-0.2, -0.15) is 0 Å². The van der Waals surface area contributed by atoms with Crippen LogP contribution in [-0.4, -0.2) is 12.5 Å². The fraction of sp³-hybridized carbons (Fsp3) is 0.222. The van der Waals surface area contributed by atoms with Gasteiger partial charge >= 0.3 is 0 Å². The summed E-state index contributed by atoms with van der Waals surface area (Å²) < 4.78 is 5.26. The van der Waals surface area contributed by atoms with Gasteiger partial charge in [0, 0.05) is 0 Å². The maximum atomic E-state index is 10.7. The van der Waals surface area contributed by atoms with Gasteiger partial charge in [0.2, 0.25) is 5.91 Å². The smallest absolute Gasteiger partial charge is 0.237 e. The third-order valence-electron chi connectivity index (χ3n) is 1.50. The first-order chi connectivity index (χ1) is 6.33. The van der Waals surface area contributed by atoms with Crippen molar-refractivity contribution in [3.05, 3.63) is 30.3 Å². The summed E-state index contributed by atoms with van der Waals surface area (Å²) in [6.07, 6.45) is 0.269. The molecule has 0 aliphatic rings. The third kappa shape index (κ3) is 3.57. The Morgan fingerprint density at radius 3 is 2.69 bits per heavy atom. The van der Waals surface area contributed by atoms with Gasteiger partial charge in [-0.25, -0.2) is 5.84 Å². The van der Waals surface area contributed by atoms with Crippen molar-refractivity contribution in [2.45, 2.75) is 6.42 Å². The lowest BCUT2D eigenvalue weighted by atomic mass is 10.3. The molecule has 0 heterocycles. The summed E-state index contributed by atoms with van der Waals surface area (Å²) in [5.74, 6) is 5.43. The van der Waals surface area contributed by atoms with Crippen LogP contribution in [0.15, 0.2) is 30.3 Å². The van der Waals surface area contributed by atoms with Crippen molar-refractivity contribution in [3.63, 3.8) is 0 Å².